The third-order valence-corrected chi connectivity index (χ3v) is 4.46. The maximum Gasteiger partial charge on any atom is 0.257 e. The van der Waals surface area contributed by atoms with Gasteiger partial charge in [-0.3, -0.25) is 14.9 Å². The van der Waals surface area contributed by atoms with Gasteiger partial charge in [-0.05, 0) is 23.8 Å². The summed E-state index contributed by atoms with van der Waals surface area (Å²) in [6.07, 6.45) is 0. The van der Waals surface area contributed by atoms with E-state index in [1.165, 1.54) is 24.3 Å². The number of rotatable bonds is 5. The quantitative estimate of drug-likeness (QED) is 0.696. The van der Waals surface area contributed by atoms with Crippen LogP contribution in [-0.2, 0) is 11.3 Å². The average Bonchev–Trinajstić information content (AvgIpc) is 3.11. The summed E-state index contributed by atoms with van der Waals surface area (Å²) in [6, 6.07) is 10.4. The summed E-state index contributed by atoms with van der Waals surface area (Å²) in [7, 11) is 0. The van der Waals surface area contributed by atoms with Crippen LogP contribution in [0.1, 0.15) is 22.8 Å². The van der Waals surface area contributed by atoms with Gasteiger partial charge in [-0.1, -0.05) is 24.3 Å². The molecule has 3 rings (SSSR count). The molecule has 5 nitrogen and oxygen atoms in total. The van der Waals surface area contributed by atoms with Gasteiger partial charge in [0.25, 0.3) is 5.91 Å². The molecule has 0 radical (unpaired) electrons. The van der Waals surface area contributed by atoms with Crippen molar-refractivity contribution in [1.82, 2.24) is 10.3 Å². The highest BCUT2D eigenvalue weighted by Gasteiger charge is 2.12. The molecule has 3 aromatic rings. The predicted molar refractivity (Wildman–Crippen MR) is 99.4 cm³/mol. The molecule has 27 heavy (non-hydrogen) atoms. The van der Waals surface area contributed by atoms with Gasteiger partial charge < -0.3 is 5.32 Å². The van der Waals surface area contributed by atoms with E-state index in [-0.39, 0.29) is 11.5 Å². The molecule has 0 unspecified atom stereocenters. The Morgan fingerprint density at radius 2 is 1.81 bits per heavy atom. The Balaban J connectivity index is 1.68. The van der Waals surface area contributed by atoms with Crippen LogP contribution < -0.4 is 10.6 Å². The molecule has 0 spiro atoms. The number of hydrogen-bond acceptors (Lipinski definition) is 4. The van der Waals surface area contributed by atoms with E-state index in [4.69, 9.17) is 0 Å². The summed E-state index contributed by atoms with van der Waals surface area (Å²) < 4.78 is 26.2. The molecule has 0 saturated heterocycles. The van der Waals surface area contributed by atoms with E-state index in [1.54, 1.807) is 5.38 Å². The highest BCUT2D eigenvalue weighted by atomic mass is 32.1. The highest BCUT2D eigenvalue weighted by Crippen LogP contribution is 2.25. The van der Waals surface area contributed by atoms with Gasteiger partial charge in [0.05, 0.1) is 5.69 Å². The zero-order valence-electron chi connectivity index (χ0n) is 14.3. The first-order valence-corrected chi connectivity index (χ1v) is 8.86. The van der Waals surface area contributed by atoms with Gasteiger partial charge in [0.1, 0.15) is 0 Å². The van der Waals surface area contributed by atoms with E-state index >= 15 is 0 Å². The Labute approximate surface area is 158 Å². The fourth-order valence-corrected chi connectivity index (χ4v) is 3.01. The maximum absolute atomic E-state index is 13.2. The minimum atomic E-state index is -1.08. The number of amides is 2. The van der Waals surface area contributed by atoms with Crippen LogP contribution in [0.2, 0.25) is 0 Å². The largest absolute Gasteiger partial charge is 0.352 e. The summed E-state index contributed by atoms with van der Waals surface area (Å²) in [6.45, 7) is 1.90. The zero-order chi connectivity index (χ0) is 19.4. The number of aromatic nitrogens is 1. The Morgan fingerprint density at radius 1 is 1.07 bits per heavy atom. The van der Waals surface area contributed by atoms with Crippen LogP contribution in [-0.4, -0.2) is 16.8 Å². The van der Waals surface area contributed by atoms with Crippen molar-refractivity contribution in [3.05, 3.63) is 70.6 Å². The molecule has 0 fully saturated rings. The van der Waals surface area contributed by atoms with Gasteiger partial charge in [0, 0.05) is 30.0 Å². The molecule has 0 saturated carbocycles. The topological polar surface area (TPSA) is 71.1 Å². The van der Waals surface area contributed by atoms with Crippen molar-refractivity contribution in [1.29, 1.82) is 0 Å². The minimum Gasteiger partial charge on any atom is -0.352 e. The van der Waals surface area contributed by atoms with Crippen LogP contribution in [0.15, 0.2) is 47.8 Å². The maximum atomic E-state index is 13.2. The molecule has 0 atom stereocenters. The van der Waals surface area contributed by atoms with E-state index < -0.39 is 17.5 Å². The first-order chi connectivity index (χ1) is 12.9. The third-order valence-electron chi connectivity index (χ3n) is 3.70. The summed E-state index contributed by atoms with van der Waals surface area (Å²) in [5.41, 5.74) is 2.49. The van der Waals surface area contributed by atoms with Crippen LogP contribution >= 0.6 is 11.3 Å². The lowest BCUT2D eigenvalue weighted by atomic mass is 10.1. The Kier molecular flexibility index (Phi) is 5.56. The van der Waals surface area contributed by atoms with Crippen molar-refractivity contribution < 1.29 is 18.4 Å². The number of thiazole rings is 1. The van der Waals surface area contributed by atoms with Crippen LogP contribution in [0.25, 0.3) is 11.3 Å². The summed E-state index contributed by atoms with van der Waals surface area (Å²) >= 11 is 1.23. The molecule has 2 N–H and O–H groups in total. The van der Waals surface area contributed by atoms with Crippen LogP contribution in [0.4, 0.5) is 13.9 Å². The molecule has 8 heteroatoms. The first kappa shape index (κ1) is 18.7. The van der Waals surface area contributed by atoms with Gasteiger partial charge in [0.2, 0.25) is 5.91 Å². The highest BCUT2D eigenvalue weighted by molar-refractivity contribution is 7.14. The van der Waals surface area contributed by atoms with E-state index in [0.717, 1.165) is 23.3 Å². The molecule has 1 aromatic heterocycles. The molecule has 2 aromatic carbocycles. The van der Waals surface area contributed by atoms with Crippen molar-refractivity contribution in [2.24, 2.45) is 0 Å². The van der Waals surface area contributed by atoms with Gasteiger partial charge >= 0.3 is 0 Å². The van der Waals surface area contributed by atoms with E-state index in [2.05, 4.69) is 15.6 Å². The monoisotopic (exact) mass is 387 g/mol. The number of carbonyl (C=O) groups excluding carboxylic acids is 2. The number of carbonyl (C=O) groups is 2. The van der Waals surface area contributed by atoms with Crippen LogP contribution in [0, 0.1) is 11.6 Å². The molecule has 0 aliphatic rings. The SMILES string of the molecule is CC(=O)NCc1ccc(-c2csc(NC(=O)c3ccc(F)c(F)c3)n2)cc1. The van der Waals surface area contributed by atoms with Gasteiger partial charge in [-0.25, -0.2) is 13.8 Å². The second-order valence-corrected chi connectivity index (χ2v) is 6.59. The normalized spacial score (nSPS) is 10.5. The van der Waals surface area contributed by atoms with Crippen molar-refractivity contribution >= 4 is 28.3 Å². The minimum absolute atomic E-state index is 0.00738. The lowest BCUT2D eigenvalue weighted by Crippen LogP contribution is -2.18. The summed E-state index contributed by atoms with van der Waals surface area (Å²) in [5, 5.41) is 7.42. The van der Waals surface area contributed by atoms with Gasteiger partial charge in [-0.15, -0.1) is 11.3 Å². The molecular weight excluding hydrogens is 372 g/mol. The van der Waals surface area contributed by atoms with Crippen molar-refractivity contribution in [3.8, 4) is 11.3 Å². The predicted octanol–water partition coefficient (Wildman–Crippen LogP) is 3.98. The first-order valence-electron chi connectivity index (χ1n) is 7.98. The van der Waals surface area contributed by atoms with Crippen molar-refractivity contribution in [2.75, 3.05) is 5.32 Å². The number of anilines is 1. The van der Waals surface area contributed by atoms with Crippen molar-refractivity contribution in [2.45, 2.75) is 13.5 Å². The Morgan fingerprint density at radius 3 is 2.48 bits per heavy atom. The fourth-order valence-electron chi connectivity index (χ4n) is 2.29. The number of nitrogens with zero attached hydrogens (tertiary/aromatic N) is 1. The smallest absolute Gasteiger partial charge is 0.257 e. The zero-order valence-corrected chi connectivity index (χ0v) is 15.1. The van der Waals surface area contributed by atoms with Gasteiger partial charge in [0.15, 0.2) is 16.8 Å². The average molecular weight is 387 g/mol. The number of hydrogen-bond donors (Lipinski definition) is 2. The van der Waals surface area contributed by atoms with Crippen LogP contribution in [0.3, 0.4) is 0 Å². The summed E-state index contributed by atoms with van der Waals surface area (Å²) in [4.78, 5) is 27.4. The van der Waals surface area contributed by atoms with Gasteiger partial charge in [-0.2, -0.15) is 0 Å². The molecular formula is C19H15F2N3O2S. The van der Waals surface area contributed by atoms with E-state index in [0.29, 0.717) is 17.4 Å². The number of benzene rings is 2. The lowest BCUT2D eigenvalue weighted by Gasteiger charge is -2.04. The second kappa shape index (κ2) is 8.05. The molecule has 0 aliphatic heterocycles. The van der Waals surface area contributed by atoms with E-state index in [9.17, 15) is 18.4 Å². The van der Waals surface area contributed by atoms with Crippen molar-refractivity contribution in [3.63, 3.8) is 0 Å². The number of nitrogens with one attached hydrogen (secondary N) is 2. The molecule has 138 valence electrons. The molecule has 0 aliphatic carbocycles. The third kappa shape index (κ3) is 4.73. The Bertz CT molecular complexity index is 987. The molecule has 2 amide bonds. The molecule has 0 bridgehead atoms. The molecule has 1 heterocycles. The second-order valence-electron chi connectivity index (χ2n) is 5.73. The number of halogens is 2. The lowest BCUT2D eigenvalue weighted by molar-refractivity contribution is -0.119. The summed E-state index contributed by atoms with van der Waals surface area (Å²) in [5.74, 6) is -2.76. The standard InChI is InChI=1S/C19H15F2N3O2S/c1-11(25)22-9-12-2-4-13(5-3-12)17-10-27-19(23-17)24-18(26)14-6-7-15(20)16(21)8-14/h2-8,10H,9H2,1H3,(H,22,25)(H,23,24,26). The fraction of sp³-hybridized carbons (Fsp3) is 0.105. The Hall–Kier alpha value is -3.13. The van der Waals surface area contributed by atoms with Crippen LogP contribution in [0.5, 0.6) is 0 Å². The van der Waals surface area contributed by atoms with E-state index in [1.807, 2.05) is 24.3 Å².